The van der Waals surface area contributed by atoms with E-state index in [4.69, 9.17) is 9.72 Å². The summed E-state index contributed by atoms with van der Waals surface area (Å²) in [4.78, 5) is 19.3. The van der Waals surface area contributed by atoms with Crippen molar-refractivity contribution in [2.45, 2.75) is 62.2 Å². The molecule has 2 aromatic heterocycles. The molecule has 0 bridgehead atoms. The van der Waals surface area contributed by atoms with E-state index in [1.165, 1.54) is 31.0 Å². The summed E-state index contributed by atoms with van der Waals surface area (Å²) in [5.41, 5.74) is 3.92. The van der Waals surface area contributed by atoms with Gasteiger partial charge >= 0.3 is 6.09 Å². The fourth-order valence-corrected chi connectivity index (χ4v) is 5.93. The van der Waals surface area contributed by atoms with Crippen molar-refractivity contribution in [3.8, 4) is 0 Å². The lowest BCUT2D eigenvalue weighted by atomic mass is 10.0. The van der Waals surface area contributed by atoms with Crippen LogP contribution in [0.25, 0.3) is 0 Å². The van der Waals surface area contributed by atoms with Crippen LogP contribution in [-0.2, 0) is 23.5 Å². The van der Waals surface area contributed by atoms with Gasteiger partial charge in [-0.2, -0.15) is 0 Å². The van der Waals surface area contributed by atoms with Gasteiger partial charge in [0, 0.05) is 42.3 Å². The molecule has 1 amide bonds. The van der Waals surface area contributed by atoms with Crippen molar-refractivity contribution in [1.29, 1.82) is 0 Å². The third kappa shape index (κ3) is 7.93. The summed E-state index contributed by atoms with van der Waals surface area (Å²) in [7, 11) is 0. The Labute approximate surface area is 226 Å². The van der Waals surface area contributed by atoms with Crippen LogP contribution in [0.3, 0.4) is 0 Å². The third-order valence-electron chi connectivity index (χ3n) is 6.07. The lowest BCUT2D eigenvalue weighted by molar-refractivity contribution is 0.174. The molecule has 1 fully saturated rings. The molecule has 0 radical (unpaired) electrons. The highest BCUT2D eigenvalue weighted by molar-refractivity contribution is 8.00. The van der Waals surface area contributed by atoms with E-state index < -0.39 is 6.09 Å². The van der Waals surface area contributed by atoms with E-state index in [9.17, 15) is 4.79 Å². The molecule has 1 aliphatic heterocycles. The number of nitrogens with one attached hydrogen (secondary N) is 2. The molecule has 0 spiro atoms. The molecular weight excluding hydrogens is 504 g/mol. The van der Waals surface area contributed by atoms with Crippen molar-refractivity contribution in [2.75, 3.05) is 28.7 Å². The number of anilines is 3. The number of hydrogen-bond acceptors (Lipinski definition) is 9. The normalized spacial score (nSPS) is 15.3. The highest BCUT2D eigenvalue weighted by atomic mass is 32.2. The van der Waals surface area contributed by atoms with E-state index in [1.807, 2.05) is 24.3 Å². The van der Waals surface area contributed by atoms with Crippen LogP contribution in [0.4, 0.5) is 22.0 Å². The summed E-state index contributed by atoms with van der Waals surface area (Å²) in [6.07, 6.45) is 5.62. The standard InChI is InChI=1S/C27H34N6O2S2/c1-4-13-35-26(34)30-21-11-8-10-20(14-21)17-28-24-16-23(33-12-7-6-9-19(33)3)15-22(29-24)18-36-27-32-31-25(5-2)37-27/h4,8,10-11,14-16,19H,1,5-7,9,12-13,17-18H2,2-3H3,(H,28,29)(H,30,34). The van der Waals surface area contributed by atoms with Crippen molar-refractivity contribution >= 4 is 46.4 Å². The second kappa shape index (κ2) is 13.4. The molecule has 1 saturated heterocycles. The van der Waals surface area contributed by atoms with Gasteiger partial charge in [0.15, 0.2) is 4.34 Å². The first-order valence-electron chi connectivity index (χ1n) is 12.6. The number of piperidine rings is 1. The zero-order valence-corrected chi connectivity index (χ0v) is 23.0. The van der Waals surface area contributed by atoms with E-state index in [2.05, 4.69) is 58.3 Å². The molecule has 0 aliphatic carbocycles. The molecule has 196 valence electrons. The van der Waals surface area contributed by atoms with E-state index in [-0.39, 0.29) is 6.61 Å². The third-order valence-corrected chi connectivity index (χ3v) is 8.31. The fraction of sp³-hybridized carbons (Fsp3) is 0.407. The number of hydrogen-bond donors (Lipinski definition) is 2. The Morgan fingerprint density at radius 1 is 1.30 bits per heavy atom. The summed E-state index contributed by atoms with van der Waals surface area (Å²) in [6.45, 7) is 9.75. The van der Waals surface area contributed by atoms with Crippen molar-refractivity contribution < 1.29 is 9.53 Å². The second-order valence-corrected chi connectivity index (χ2v) is 11.2. The molecule has 4 rings (SSSR count). The molecule has 10 heteroatoms. The number of carbonyl (C=O) groups is 1. The number of aryl methyl sites for hydroxylation is 1. The Balaban J connectivity index is 1.47. The molecule has 2 N–H and O–H groups in total. The number of nitrogens with zero attached hydrogens (tertiary/aromatic N) is 4. The topological polar surface area (TPSA) is 92.3 Å². The Kier molecular flexibility index (Phi) is 9.78. The minimum absolute atomic E-state index is 0.171. The summed E-state index contributed by atoms with van der Waals surface area (Å²) in [6, 6.07) is 12.5. The molecule has 1 unspecified atom stereocenters. The van der Waals surface area contributed by atoms with Gasteiger partial charge < -0.3 is 15.0 Å². The average Bonchev–Trinajstić information content (AvgIpc) is 3.38. The zero-order valence-electron chi connectivity index (χ0n) is 21.4. The number of aromatic nitrogens is 3. The number of rotatable bonds is 11. The summed E-state index contributed by atoms with van der Waals surface area (Å²) < 4.78 is 5.98. The Hall–Kier alpha value is -3.11. The second-order valence-electron chi connectivity index (χ2n) is 8.91. The molecule has 3 heterocycles. The van der Waals surface area contributed by atoms with Crippen LogP contribution in [0.1, 0.15) is 49.4 Å². The van der Waals surface area contributed by atoms with Crippen molar-refractivity contribution in [3.05, 3.63) is 65.3 Å². The SMILES string of the molecule is C=CCOC(=O)Nc1cccc(CNc2cc(N3CCCCC3C)cc(CSc3nnc(CC)s3)n2)c1. The maximum atomic E-state index is 11.9. The van der Waals surface area contributed by atoms with Gasteiger partial charge in [0.05, 0.1) is 5.69 Å². The summed E-state index contributed by atoms with van der Waals surface area (Å²) in [5, 5.41) is 15.8. The molecule has 37 heavy (non-hydrogen) atoms. The monoisotopic (exact) mass is 538 g/mol. The van der Waals surface area contributed by atoms with E-state index in [0.717, 1.165) is 45.1 Å². The van der Waals surface area contributed by atoms with Crippen molar-refractivity contribution in [2.24, 2.45) is 0 Å². The van der Waals surface area contributed by atoms with Gasteiger partial charge in [-0.3, -0.25) is 5.32 Å². The predicted octanol–water partition coefficient (Wildman–Crippen LogP) is 6.51. The molecule has 3 aromatic rings. The Morgan fingerprint density at radius 2 is 2.19 bits per heavy atom. The lowest BCUT2D eigenvalue weighted by Crippen LogP contribution is -2.37. The van der Waals surface area contributed by atoms with Crippen LogP contribution in [0, 0.1) is 0 Å². The van der Waals surface area contributed by atoms with Crippen LogP contribution in [0.15, 0.2) is 53.4 Å². The molecule has 1 aliphatic rings. The Morgan fingerprint density at radius 3 is 2.97 bits per heavy atom. The van der Waals surface area contributed by atoms with Gasteiger partial charge in [-0.05, 0) is 56.4 Å². The quantitative estimate of drug-likeness (QED) is 0.211. The van der Waals surface area contributed by atoms with Crippen LogP contribution in [-0.4, -0.2) is 40.5 Å². The fourth-order valence-electron chi connectivity index (χ4n) is 4.20. The number of carbonyl (C=O) groups excluding carboxylic acids is 1. The first kappa shape index (κ1) is 26.9. The van der Waals surface area contributed by atoms with Crippen LogP contribution in [0.2, 0.25) is 0 Å². The summed E-state index contributed by atoms with van der Waals surface area (Å²) >= 11 is 3.33. The van der Waals surface area contributed by atoms with Crippen LogP contribution >= 0.6 is 23.1 Å². The first-order valence-corrected chi connectivity index (χ1v) is 14.4. The number of thioether (sulfide) groups is 1. The van der Waals surface area contributed by atoms with Gasteiger partial charge in [-0.25, -0.2) is 9.78 Å². The smallest absolute Gasteiger partial charge is 0.411 e. The van der Waals surface area contributed by atoms with Crippen LogP contribution < -0.4 is 15.5 Å². The molecule has 8 nitrogen and oxygen atoms in total. The minimum atomic E-state index is -0.501. The van der Waals surface area contributed by atoms with Crippen molar-refractivity contribution in [3.63, 3.8) is 0 Å². The average molecular weight is 539 g/mol. The molecule has 0 saturated carbocycles. The van der Waals surface area contributed by atoms with Gasteiger partial charge in [0.25, 0.3) is 0 Å². The lowest BCUT2D eigenvalue weighted by Gasteiger charge is -2.35. The van der Waals surface area contributed by atoms with Gasteiger partial charge in [-0.15, -0.1) is 10.2 Å². The maximum Gasteiger partial charge on any atom is 0.411 e. The van der Waals surface area contributed by atoms with Gasteiger partial charge in [0.2, 0.25) is 0 Å². The zero-order chi connectivity index (χ0) is 26.0. The number of pyridine rings is 1. The van der Waals surface area contributed by atoms with Gasteiger partial charge in [0.1, 0.15) is 17.4 Å². The van der Waals surface area contributed by atoms with E-state index in [0.29, 0.717) is 18.3 Å². The molecular formula is C27H34N6O2S2. The first-order chi connectivity index (χ1) is 18.0. The van der Waals surface area contributed by atoms with E-state index in [1.54, 1.807) is 23.1 Å². The largest absolute Gasteiger partial charge is 0.445 e. The van der Waals surface area contributed by atoms with Crippen molar-refractivity contribution in [1.82, 2.24) is 15.2 Å². The highest BCUT2D eigenvalue weighted by Gasteiger charge is 2.20. The number of ether oxygens (including phenoxy) is 1. The Bertz CT molecular complexity index is 1200. The number of benzene rings is 1. The predicted molar refractivity (Wildman–Crippen MR) is 153 cm³/mol. The van der Waals surface area contributed by atoms with Crippen LogP contribution in [0.5, 0.6) is 0 Å². The maximum absolute atomic E-state index is 11.9. The molecule has 1 atom stereocenters. The summed E-state index contributed by atoms with van der Waals surface area (Å²) in [5.74, 6) is 1.57. The van der Waals surface area contributed by atoms with E-state index >= 15 is 0 Å². The highest BCUT2D eigenvalue weighted by Crippen LogP contribution is 2.31. The van der Waals surface area contributed by atoms with Gasteiger partial charge in [-0.1, -0.05) is 54.8 Å². The molecule has 1 aromatic carbocycles. The number of amides is 1. The minimum Gasteiger partial charge on any atom is -0.445 e.